The van der Waals surface area contributed by atoms with Crippen LogP contribution >= 0.6 is 0 Å². The summed E-state index contributed by atoms with van der Waals surface area (Å²) in [5.74, 6) is 0.526. The second kappa shape index (κ2) is 22.8. The molecule has 0 fully saturated rings. The third-order valence-electron chi connectivity index (χ3n) is 6.95. The standard InChI is InChI=1S/C27H60NO3Si.ClH/c1-8-9-10-11-12-13-14-15-16-17-18-19-20-21-22-23-24-28(3,4)25-27(2)26-32(29-5,30-6)31-7;/h27H,8-26H2,1-7H3;1H/q+1;/p-1. The monoisotopic (exact) mass is 509 g/mol. The van der Waals surface area contributed by atoms with Gasteiger partial charge in [0.15, 0.2) is 0 Å². The molecule has 6 heteroatoms. The van der Waals surface area contributed by atoms with Crippen LogP contribution in [0.3, 0.4) is 0 Å². The van der Waals surface area contributed by atoms with Gasteiger partial charge in [0.25, 0.3) is 0 Å². The van der Waals surface area contributed by atoms with Gasteiger partial charge in [-0.15, -0.1) is 0 Å². The van der Waals surface area contributed by atoms with Crippen molar-refractivity contribution in [3.05, 3.63) is 0 Å². The molecule has 0 aromatic carbocycles. The topological polar surface area (TPSA) is 27.7 Å². The van der Waals surface area contributed by atoms with Crippen molar-refractivity contribution in [2.75, 3.05) is 48.5 Å². The van der Waals surface area contributed by atoms with E-state index in [2.05, 4.69) is 27.9 Å². The minimum Gasteiger partial charge on any atom is -1.00 e. The van der Waals surface area contributed by atoms with Crippen LogP contribution < -0.4 is 12.4 Å². The molecule has 1 unspecified atom stereocenters. The van der Waals surface area contributed by atoms with Crippen LogP contribution in [0.15, 0.2) is 0 Å². The molecule has 0 radical (unpaired) electrons. The first-order valence-electron chi connectivity index (χ1n) is 13.8. The molecule has 0 aromatic rings. The van der Waals surface area contributed by atoms with Crippen LogP contribution in [0, 0.1) is 5.92 Å². The summed E-state index contributed by atoms with van der Waals surface area (Å²) in [7, 11) is 7.38. The Hall–Kier alpha value is 0.347. The fourth-order valence-electron chi connectivity index (χ4n) is 5.01. The lowest BCUT2D eigenvalue weighted by molar-refractivity contribution is -0.893. The van der Waals surface area contributed by atoms with Crippen molar-refractivity contribution in [3.63, 3.8) is 0 Å². The molecular weight excluding hydrogens is 450 g/mol. The molecule has 0 amide bonds. The summed E-state index contributed by atoms with van der Waals surface area (Å²) >= 11 is 0. The number of hydrogen-bond donors (Lipinski definition) is 0. The van der Waals surface area contributed by atoms with E-state index in [0.29, 0.717) is 5.92 Å². The maximum atomic E-state index is 5.60. The van der Waals surface area contributed by atoms with Crippen LogP contribution in [0.2, 0.25) is 6.04 Å². The summed E-state index contributed by atoms with van der Waals surface area (Å²) in [5.41, 5.74) is 0. The van der Waals surface area contributed by atoms with Gasteiger partial charge in [-0.05, 0) is 12.8 Å². The van der Waals surface area contributed by atoms with E-state index in [1.165, 1.54) is 109 Å². The maximum Gasteiger partial charge on any atom is 0.500 e. The molecule has 0 rings (SSSR count). The minimum atomic E-state index is -2.47. The lowest BCUT2D eigenvalue weighted by Gasteiger charge is -2.34. The maximum absolute atomic E-state index is 5.60. The highest BCUT2D eigenvalue weighted by Gasteiger charge is 2.40. The zero-order valence-corrected chi connectivity index (χ0v) is 25.3. The van der Waals surface area contributed by atoms with E-state index in [1.807, 2.05) is 0 Å². The van der Waals surface area contributed by atoms with Crippen molar-refractivity contribution in [2.45, 2.75) is 123 Å². The second-order valence-electron chi connectivity index (χ2n) is 10.7. The van der Waals surface area contributed by atoms with E-state index >= 15 is 0 Å². The highest BCUT2D eigenvalue weighted by atomic mass is 35.5. The van der Waals surface area contributed by atoms with Crippen molar-refractivity contribution < 1.29 is 30.2 Å². The van der Waals surface area contributed by atoms with E-state index in [4.69, 9.17) is 13.3 Å². The summed E-state index contributed by atoms with van der Waals surface area (Å²) in [6.07, 6.45) is 22.9. The van der Waals surface area contributed by atoms with Crippen LogP contribution in [0.5, 0.6) is 0 Å². The minimum absolute atomic E-state index is 0. The van der Waals surface area contributed by atoms with Crippen LogP contribution in [-0.2, 0) is 13.3 Å². The average molecular weight is 510 g/mol. The molecule has 0 N–H and O–H groups in total. The van der Waals surface area contributed by atoms with E-state index in [9.17, 15) is 0 Å². The van der Waals surface area contributed by atoms with Gasteiger partial charge < -0.3 is 30.2 Å². The molecule has 0 heterocycles. The SMILES string of the molecule is CCCCCCCCCCCCCCCCCC[N+](C)(C)CC(C)C[Si](OC)(OC)OC.[Cl-]. The fourth-order valence-corrected chi connectivity index (χ4v) is 7.00. The van der Waals surface area contributed by atoms with Gasteiger partial charge in [0, 0.05) is 33.3 Å². The van der Waals surface area contributed by atoms with Crippen molar-refractivity contribution in [1.82, 2.24) is 0 Å². The summed E-state index contributed by atoms with van der Waals surface area (Å²) in [6, 6.07) is 0.886. The Labute approximate surface area is 215 Å². The molecule has 0 aliphatic heterocycles. The third-order valence-corrected chi connectivity index (χ3v) is 10.0. The number of hydrogen-bond acceptors (Lipinski definition) is 3. The van der Waals surface area contributed by atoms with E-state index in [0.717, 1.165) is 17.1 Å². The van der Waals surface area contributed by atoms with Crippen molar-refractivity contribution >= 4 is 8.80 Å². The van der Waals surface area contributed by atoms with Gasteiger partial charge >= 0.3 is 8.80 Å². The molecule has 0 saturated carbocycles. The lowest BCUT2D eigenvalue weighted by Crippen LogP contribution is -3.00. The first kappa shape index (κ1) is 35.5. The zero-order valence-electron chi connectivity index (χ0n) is 23.6. The highest BCUT2D eigenvalue weighted by Crippen LogP contribution is 2.22. The van der Waals surface area contributed by atoms with Gasteiger partial charge in [0.05, 0.1) is 27.2 Å². The Kier molecular flexibility index (Phi) is 24.5. The smallest absolute Gasteiger partial charge is 0.500 e. The Morgan fingerprint density at radius 1 is 0.606 bits per heavy atom. The van der Waals surface area contributed by atoms with Crippen LogP contribution in [0.1, 0.15) is 117 Å². The average Bonchev–Trinajstić information content (AvgIpc) is 2.77. The number of nitrogens with zero attached hydrogens (tertiary/aromatic N) is 1. The van der Waals surface area contributed by atoms with Crippen molar-refractivity contribution in [3.8, 4) is 0 Å². The molecular formula is C27H60ClNO3Si. The van der Waals surface area contributed by atoms with Crippen LogP contribution in [-0.4, -0.2) is 61.8 Å². The lowest BCUT2D eigenvalue weighted by atomic mass is 10.0. The quantitative estimate of drug-likeness (QED) is 0.106. The van der Waals surface area contributed by atoms with Gasteiger partial charge in [0.2, 0.25) is 0 Å². The summed E-state index contributed by atoms with van der Waals surface area (Å²) in [4.78, 5) is 0. The third kappa shape index (κ3) is 20.3. The molecule has 1 atom stereocenters. The molecule has 0 aliphatic carbocycles. The molecule has 0 bridgehead atoms. The Bertz CT molecular complexity index is 401. The van der Waals surface area contributed by atoms with Gasteiger partial charge in [-0.1, -0.05) is 104 Å². The second-order valence-corrected chi connectivity index (χ2v) is 13.7. The normalized spacial score (nSPS) is 13.2. The molecule has 4 nitrogen and oxygen atoms in total. The molecule has 0 aromatic heterocycles. The number of unbranched alkanes of at least 4 members (excludes halogenated alkanes) is 15. The van der Waals surface area contributed by atoms with E-state index < -0.39 is 8.80 Å². The predicted molar refractivity (Wildman–Crippen MR) is 142 cm³/mol. The van der Waals surface area contributed by atoms with Crippen LogP contribution in [0.4, 0.5) is 0 Å². The molecule has 0 saturated heterocycles. The Balaban J connectivity index is 0. The summed E-state index contributed by atoms with van der Waals surface area (Å²) in [5, 5.41) is 0. The van der Waals surface area contributed by atoms with Gasteiger partial charge in [-0.25, -0.2) is 0 Å². The Morgan fingerprint density at radius 2 is 0.939 bits per heavy atom. The largest absolute Gasteiger partial charge is 1.00 e. The van der Waals surface area contributed by atoms with Gasteiger partial charge in [0.1, 0.15) is 0 Å². The predicted octanol–water partition coefficient (Wildman–Crippen LogP) is 4.84. The molecule has 0 aliphatic rings. The molecule has 202 valence electrons. The fraction of sp³-hybridized carbons (Fsp3) is 1.00. The zero-order chi connectivity index (χ0) is 24.1. The van der Waals surface area contributed by atoms with E-state index in [1.54, 1.807) is 21.3 Å². The summed E-state index contributed by atoms with van der Waals surface area (Å²) < 4.78 is 17.9. The molecule has 0 spiro atoms. The first-order valence-corrected chi connectivity index (χ1v) is 15.8. The van der Waals surface area contributed by atoms with Crippen molar-refractivity contribution in [1.29, 1.82) is 0 Å². The summed E-state index contributed by atoms with van der Waals surface area (Å²) in [6.45, 7) is 6.99. The first-order chi connectivity index (χ1) is 15.3. The number of quaternary nitrogens is 1. The van der Waals surface area contributed by atoms with Gasteiger partial charge in [-0.2, -0.15) is 0 Å². The molecule has 33 heavy (non-hydrogen) atoms. The Morgan fingerprint density at radius 3 is 1.27 bits per heavy atom. The number of rotatable bonds is 24. The van der Waals surface area contributed by atoms with Crippen LogP contribution in [0.25, 0.3) is 0 Å². The highest BCUT2D eigenvalue weighted by molar-refractivity contribution is 6.60. The van der Waals surface area contributed by atoms with Crippen molar-refractivity contribution in [2.24, 2.45) is 5.92 Å². The van der Waals surface area contributed by atoms with Gasteiger partial charge in [-0.3, -0.25) is 0 Å². The number of halogens is 1. The van der Waals surface area contributed by atoms with E-state index in [-0.39, 0.29) is 12.4 Å².